The van der Waals surface area contributed by atoms with E-state index in [0.29, 0.717) is 37.3 Å². The van der Waals surface area contributed by atoms with Gasteiger partial charge >= 0.3 is 12.2 Å². The van der Waals surface area contributed by atoms with Gasteiger partial charge in [0.25, 0.3) is 0 Å². The molecule has 3 aliphatic carbocycles. The van der Waals surface area contributed by atoms with Crippen LogP contribution in [0.15, 0.2) is 48.5 Å². The Labute approximate surface area is 224 Å². The zero-order valence-electron chi connectivity index (χ0n) is 21.9. The van der Waals surface area contributed by atoms with E-state index in [1.54, 1.807) is 0 Å². The third-order valence-electron chi connectivity index (χ3n) is 9.31. The summed E-state index contributed by atoms with van der Waals surface area (Å²) in [6.07, 6.45) is 8.96. The molecule has 3 atom stereocenters. The molecule has 0 unspecified atom stereocenters. The van der Waals surface area contributed by atoms with Crippen LogP contribution in [-0.2, 0) is 32.7 Å². The molecule has 6 rings (SSSR count). The van der Waals surface area contributed by atoms with Crippen LogP contribution in [0, 0.1) is 11.8 Å². The predicted octanol–water partition coefficient (Wildman–Crippen LogP) is 6.37. The standard InChI is InChI=1S/C31H37NO6/c33-29(35-19-22-7-2-1-3-8-22)32-16-15-31-14-5-4-11-26(31)28(32)17-24-12-13-25(18-27(24)31)37-21-38-30(34)36-20-23-9-6-10-23/h1-3,7-8,12-13,18,23,26,28H,4-6,9-11,14-17,19-21H2/t26-,28+,31-/m1/s1. The second kappa shape index (κ2) is 10.9. The molecular weight excluding hydrogens is 482 g/mol. The molecule has 3 fully saturated rings. The Morgan fingerprint density at radius 1 is 0.921 bits per heavy atom. The molecule has 2 aromatic carbocycles. The molecule has 2 aromatic rings. The summed E-state index contributed by atoms with van der Waals surface area (Å²) in [5, 5.41) is 0. The number of carbonyl (C=O) groups is 2. The molecule has 0 spiro atoms. The largest absolute Gasteiger partial charge is 0.511 e. The number of ether oxygens (including phenoxy) is 4. The number of hydrogen-bond acceptors (Lipinski definition) is 6. The van der Waals surface area contributed by atoms with Gasteiger partial charge in [0, 0.05) is 18.0 Å². The minimum absolute atomic E-state index is 0.0502. The van der Waals surface area contributed by atoms with Crippen LogP contribution in [0.4, 0.5) is 9.59 Å². The summed E-state index contributed by atoms with van der Waals surface area (Å²) in [6, 6.07) is 16.2. The Hall–Kier alpha value is -3.22. The monoisotopic (exact) mass is 519 g/mol. The van der Waals surface area contributed by atoms with E-state index in [2.05, 4.69) is 12.1 Å². The van der Waals surface area contributed by atoms with Gasteiger partial charge in [-0.3, -0.25) is 0 Å². The van der Waals surface area contributed by atoms with Crippen LogP contribution in [0.2, 0.25) is 0 Å². The Morgan fingerprint density at radius 2 is 1.79 bits per heavy atom. The highest BCUT2D eigenvalue weighted by Gasteiger charge is 2.55. The van der Waals surface area contributed by atoms with Crippen molar-refractivity contribution in [2.45, 2.75) is 75.9 Å². The van der Waals surface area contributed by atoms with E-state index in [-0.39, 0.29) is 24.3 Å². The van der Waals surface area contributed by atoms with Gasteiger partial charge in [0.1, 0.15) is 12.4 Å². The zero-order valence-corrected chi connectivity index (χ0v) is 21.9. The molecule has 1 heterocycles. The molecule has 1 aliphatic heterocycles. The number of nitrogens with zero attached hydrogens (tertiary/aromatic N) is 1. The van der Waals surface area contributed by atoms with Crippen LogP contribution in [-0.4, -0.2) is 43.1 Å². The minimum atomic E-state index is -0.671. The van der Waals surface area contributed by atoms with E-state index < -0.39 is 6.16 Å². The molecule has 202 valence electrons. The van der Waals surface area contributed by atoms with Gasteiger partial charge in [0.15, 0.2) is 0 Å². The second-order valence-electron chi connectivity index (χ2n) is 11.3. The van der Waals surface area contributed by atoms with Crippen LogP contribution in [0.3, 0.4) is 0 Å². The molecule has 7 nitrogen and oxygen atoms in total. The predicted molar refractivity (Wildman–Crippen MR) is 141 cm³/mol. The van der Waals surface area contributed by atoms with Crippen LogP contribution < -0.4 is 4.74 Å². The first-order chi connectivity index (χ1) is 18.6. The van der Waals surface area contributed by atoms with Crippen LogP contribution in [0.5, 0.6) is 5.75 Å². The maximum Gasteiger partial charge on any atom is 0.511 e. The summed E-state index contributed by atoms with van der Waals surface area (Å²) in [7, 11) is 0. The summed E-state index contributed by atoms with van der Waals surface area (Å²) in [4.78, 5) is 27.1. The number of benzene rings is 2. The molecule has 1 amide bonds. The number of piperidine rings is 1. The highest BCUT2D eigenvalue weighted by molar-refractivity contribution is 5.69. The number of rotatable bonds is 7. The van der Waals surface area contributed by atoms with Crippen molar-refractivity contribution >= 4 is 12.2 Å². The zero-order chi connectivity index (χ0) is 26.0. The van der Waals surface area contributed by atoms with Crippen molar-refractivity contribution in [1.29, 1.82) is 0 Å². The van der Waals surface area contributed by atoms with E-state index in [1.165, 1.54) is 30.4 Å². The minimum Gasteiger partial charge on any atom is -0.457 e. The number of amides is 1. The first-order valence-corrected chi connectivity index (χ1v) is 14.2. The first-order valence-electron chi connectivity index (χ1n) is 14.2. The van der Waals surface area contributed by atoms with Gasteiger partial charge in [0.2, 0.25) is 6.79 Å². The molecule has 0 aromatic heterocycles. The lowest BCUT2D eigenvalue weighted by Gasteiger charge is -2.58. The first kappa shape index (κ1) is 25.1. The molecule has 2 saturated carbocycles. The average Bonchev–Trinajstić information content (AvgIpc) is 2.92. The summed E-state index contributed by atoms with van der Waals surface area (Å²) < 4.78 is 21.9. The van der Waals surface area contributed by atoms with E-state index >= 15 is 0 Å². The third kappa shape index (κ3) is 4.95. The van der Waals surface area contributed by atoms with Crippen molar-refractivity contribution in [2.75, 3.05) is 19.9 Å². The SMILES string of the molecule is O=C(OCOc1ccc2c(c1)[C@@]13CCCC[C@@H]1[C@H](C2)N(C(=O)OCc1ccccc1)CC3)OCC1CCC1. The van der Waals surface area contributed by atoms with Crippen molar-refractivity contribution in [3.05, 3.63) is 65.2 Å². The Morgan fingerprint density at radius 3 is 2.61 bits per heavy atom. The number of fused-ring (bicyclic) bond motifs is 1. The quantitative estimate of drug-likeness (QED) is 0.313. The average molecular weight is 520 g/mol. The number of carbonyl (C=O) groups excluding carboxylic acids is 2. The van der Waals surface area contributed by atoms with E-state index in [9.17, 15) is 9.59 Å². The van der Waals surface area contributed by atoms with Crippen molar-refractivity contribution in [1.82, 2.24) is 4.90 Å². The molecule has 38 heavy (non-hydrogen) atoms. The van der Waals surface area contributed by atoms with Gasteiger partial charge < -0.3 is 23.8 Å². The van der Waals surface area contributed by atoms with Gasteiger partial charge in [-0.25, -0.2) is 9.59 Å². The van der Waals surface area contributed by atoms with Crippen LogP contribution in [0.25, 0.3) is 0 Å². The van der Waals surface area contributed by atoms with Crippen molar-refractivity contribution in [3.63, 3.8) is 0 Å². The van der Waals surface area contributed by atoms with E-state index in [0.717, 1.165) is 44.1 Å². The van der Waals surface area contributed by atoms with Gasteiger partial charge in [-0.15, -0.1) is 0 Å². The Bertz CT molecular complexity index is 1150. The fourth-order valence-corrected chi connectivity index (χ4v) is 7.14. The lowest BCUT2D eigenvalue weighted by atomic mass is 9.52. The molecule has 4 aliphatic rings. The normalized spacial score (nSPS) is 25.8. The fourth-order valence-electron chi connectivity index (χ4n) is 7.14. The van der Waals surface area contributed by atoms with Gasteiger partial charge in [-0.1, -0.05) is 55.7 Å². The van der Waals surface area contributed by atoms with Crippen molar-refractivity contribution in [2.24, 2.45) is 11.8 Å². The molecular formula is C31H37NO6. The van der Waals surface area contributed by atoms with Gasteiger partial charge in [-0.2, -0.15) is 0 Å². The Balaban J connectivity index is 1.12. The Kier molecular flexibility index (Phi) is 7.18. The molecule has 0 N–H and O–H groups in total. The van der Waals surface area contributed by atoms with Crippen LogP contribution in [0.1, 0.15) is 68.1 Å². The fraction of sp³-hybridized carbons (Fsp3) is 0.548. The molecule has 2 bridgehead atoms. The lowest BCUT2D eigenvalue weighted by Crippen LogP contribution is -2.62. The van der Waals surface area contributed by atoms with E-state index in [1.807, 2.05) is 41.3 Å². The highest BCUT2D eigenvalue weighted by atomic mass is 16.8. The smallest absolute Gasteiger partial charge is 0.457 e. The second-order valence-corrected chi connectivity index (χ2v) is 11.3. The van der Waals surface area contributed by atoms with Crippen LogP contribution >= 0.6 is 0 Å². The number of likely N-dealkylation sites (tertiary alicyclic amines) is 1. The van der Waals surface area contributed by atoms with Gasteiger partial charge in [-0.05, 0) is 79.2 Å². The van der Waals surface area contributed by atoms with Crippen molar-refractivity contribution in [3.8, 4) is 5.75 Å². The van der Waals surface area contributed by atoms with E-state index in [4.69, 9.17) is 18.9 Å². The molecule has 0 radical (unpaired) electrons. The third-order valence-corrected chi connectivity index (χ3v) is 9.31. The maximum atomic E-state index is 13.2. The molecule has 1 saturated heterocycles. The topological polar surface area (TPSA) is 74.3 Å². The summed E-state index contributed by atoms with van der Waals surface area (Å²) in [5.74, 6) is 1.60. The summed E-state index contributed by atoms with van der Waals surface area (Å²) in [5.41, 5.74) is 3.68. The maximum absolute atomic E-state index is 13.2. The highest BCUT2D eigenvalue weighted by Crippen LogP contribution is 2.56. The summed E-state index contributed by atoms with van der Waals surface area (Å²) >= 11 is 0. The summed E-state index contributed by atoms with van der Waals surface area (Å²) in [6.45, 7) is 1.27. The lowest BCUT2D eigenvalue weighted by molar-refractivity contribution is -0.0150. The molecule has 7 heteroatoms. The van der Waals surface area contributed by atoms with Gasteiger partial charge in [0.05, 0.1) is 6.61 Å². The van der Waals surface area contributed by atoms with Crippen molar-refractivity contribution < 1.29 is 28.5 Å². The number of hydrogen-bond donors (Lipinski definition) is 0.